The van der Waals surface area contributed by atoms with Crippen molar-refractivity contribution < 1.29 is 10.2 Å². The molecule has 0 spiro atoms. The van der Waals surface area contributed by atoms with Gasteiger partial charge >= 0.3 is 0 Å². The molecule has 0 bridgehead atoms. The minimum Gasteiger partial charge on any atom is -0.506 e. The number of aromatic hydroxyl groups is 1. The Labute approximate surface area is 170 Å². The molecular formula is C21H28N6O2. The predicted molar refractivity (Wildman–Crippen MR) is 112 cm³/mol. The Morgan fingerprint density at radius 1 is 1.21 bits per heavy atom. The highest BCUT2D eigenvalue weighted by molar-refractivity contribution is 5.61. The van der Waals surface area contributed by atoms with Gasteiger partial charge < -0.3 is 20.4 Å². The third-order valence-corrected chi connectivity index (χ3v) is 5.55. The molecule has 4 rings (SSSR count). The van der Waals surface area contributed by atoms with Crippen molar-refractivity contribution in [1.82, 2.24) is 19.6 Å². The molecule has 0 amide bonds. The summed E-state index contributed by atoms with van der Waals surface area (Å²) in [6.07, 6.45) is 10.0. The molecule has 0 saturated carbocycles. The fraction of sp³-hybridized carbons (Fsp3) is 0.476. The van der Waals surface area contributed by atoms with Crippen LogP contribution in [0.5, 0.6) is 5.75 Å². The number of hydrogen-bond acceptors (Lipinski definition) is 7. The zero-order valence-electron chi connectivity index (χ0n) is 16.8. The van der Waals surface area contributed by atoms with Crippen LogP contribution in [0.15, 0.2) is 30.7 Å². The van der Waals surface area contributed by atoms with Gasteiger partial charge in [0.2, 0.25) is 0 Å². The van der Waals surface area contributed by atoms with Crippen molar-refractivity contribution in [1.29, 1.82) is 0 Å². The molecule has 0 radical (unpaired) electrons. The largest absolute Gasteiger partial charge is 0.506 e. The first-order valence-electron chi connectivity index (χ1n) is 10.3. The zero-order valence-corrected chi connectivity index (χ0v) is 16.8. The minimum atomic E-state index is 0.150. The number of rotatable bonds is 7. The number of piperidine rings is 1. The van der Waals surface area contributed by atoms with Crippen LogP contribution in [0.2, 0.25) is 0 Å². The van der Waals surface area contributed by atoms with Crippen LogP contribution >= 0.6 is 0 Å². The molecule has 1 aliphatic heterocycles. The van der Waals surface area contributed by atoms with Gasteiger partial charge in [-0.1, -0.05) is 6.92 Å². The monoisotopic (exact) mass is 396 g/mol. The van der Waals surface area contributed by atoms with Crippen molar-refractivity contribution in [3.63, 3.8) is 0 Å². The van der Waals surface area contributed by atoms with E-state index in [2.05, 4.69) is 27.2 Å². The molecule has 1 atom stereocenters. The van der Waals surface area contributed by atoms with E-state index in [1.807, 2.05) is 16.8 Å². The lowest BCUT2D eigenvalue weighted by Gasteiger charge is -2.36. The summed E-state index contributed by atoms with van der Waals surface area (Å²) in [6.45, 7) is 3.75. The maximum atomic E-state index is 9.67. The summed E-state index contributed by atoms with van der Waals surface area (Å²) in [4.78, 5) is 11.3. The Morgan fingerprint density at radius 3 is 2.90 bits per heavy atom. The molecule has 1 saturated heterocycles. The van der Waals surface area contributed by atoms with Crippen molar-refractivity contribution in [2.45, 2.75) is 51.6 Å². The summed E-state index contributed by atoms with van der Waals surface area (Å²) < 4.78 is 1.84. The molecule has 3 aromatic heterocycles. The number of aromatic nitrogens is 4. The summed E-state index contributed by atoms with van der Waals surface area (Å²) in [5, 5.41) is 27.1. The van der Waals surface area contributed by atoms with Gasteiger partial charge in [-0.2, -0.15) is 9.61 Å². The molecule has 8 heteroatoms. The highest BCUT2D eigenvalue weighted by Crippen LogP contribution is 2.29. The molecule has 1 fully saturated rings. The number of nitrogens with zero attached hydrogens (tertiary/aromatic N) is 5. The number of fused-ring (bicyclic) bond motifs is 1. The summed E-state index contributed by atoms with van der Waals surface area (Å²) in [7, 11) is 0. The minimum absolute atomic E-state index is 0.150. The Kier molecular flexibility index (Phi) is 5.80. The third kappa shape index (κ3) is 4.12. The fourth-order valence-electron chi connectivity index (χ4n) is 4.03. The van der Waals surface area contributed by atoms with Crippen molar-refractivity contribution in [3.05, 3.63) is 41.9 Å². The smallest absolute Gasteiger partial charge is 0.162 e. The van der Waals surface area contributed by atoms with Crippen molar-refractivity contribution >= 4 is 17.3 Å². The van der Waals surface area contributed by atoms with E-state index in [0.29, 0.717) is 12.6 Å². The number of hydrogen-bond donors (Lipinski definition) is 3. The molecule has 3 aromatic rings. The summed E-state index contributed by atoms with van der Waals surface area (Å²) in [5.74, 6) is 1.92. The molecule has 0 unspecified atom stereocenters. The van der Waals surface area contributed by atoms with Crippen LogP contribution in [-0.2, 0) is 13.0 Å². The number of anilines is 2. The predicted octanol–water partition coefficient (Wildman–Crippen LogP) is 2.75. The SMILES string of the molecule is CCc1cnn2c(NCc3cncc(O)c3)cc(N3CCCC[C@H]3CCO)nc12. The van der Waals surface area contributed by atoms with E-state index in [1.54, 1.807) is 12.3 Å². The van der Waals surface area contributed by atoms with Crippen LogP contribution in [0.1, 0.15) is 43.7 Å². The molecular weight excluding hydrogens is 368 g/mol. The Balaban J connectivity index is 1.69. The summed E-state index contributed by atoms with van der Waals surface area (Å²) >= 11 is 0. The van der Waals surface area contributed by atoms with Gasteiger partial charge in [-0.15, -0.1) is 0 Å². The van der Waals surface area contributed by atoms with Gasteiger partial charge in [-0.25, -0.2) is 4.98 Å². The van der Waals surface area contributed by atoms with Gasteiger partial charge in [0.05, 0.1) is 12.4 Å². The summed E-state index contributed by atoms with van der Waals surface area (Å²) in [5.41, 5.74) is 2.84. The topological polar surface area (TPSA) is 98.8 Å². The van der Waals surface area contributed by atoms with Crippen LogP contribution in [0.25, 0.3) is 5.65 Å². The second-order valence-electron chi connectivity index (χ2n) is 7.52. The lowest BCUT2D eigenvalue weighted by molar-refractivity contribution is 0.262. The zero-order chi connectivity index (χ0) is 20.2. The van der Waals surface area contributed by atoms with Gasteiger partial charge in [-0.3, -0.25) is 4.98 Å². The lowest BCUT2D eigenvalue weighted by atomic mass is 9.99. The van der Waals surface area contributed by atoms with E-state index in [1.165, 1.54) is 12.6 Å². The molecule has 4 heterocycles. The third-order valence-electron chi connectivity index (χ3n) is 5.55. The average Bonchev–Trinajstić information content (AvgIpc) is 3.16. The van der Waals surface area contributed by atoms with E-state index in [-0.39, 0.29) is 12.4 Å². The van der Waals surface area contributed by atoms with Crippen molar-refractivity contribution in [2.24, 2.45) is 0 Å². The molecule has 0 aromatic carbocycles. The van der Waals surface area contributed by atoms with E-state index in [4.69, 9.17) is 4.98 Å². The number of aliphatic hydroxyl groups is 1. The number of aryl methyl sites for hydroxylation is 1. The molecule has 29 heavy (non-hydrogen) atoms. The number of nitrogens with one attached hydrogen (secondary N) is 1. The van der Waals surface area contributed by atoms with E-state index >= 15 is 0 Å². The number of aliphatic hydroxyl groups excluding tert-OH is 1. The van der Waals surface area contributed by atoms with Crippen LogP contribution in [0.4, 0.5) is 11.6 Å². The molecule has 0 aliphatic carbocycles. The van der Waals surface area contributed by atoms with E-state index < -0.39 is 0 Å². The quantitative estimate of drug-likeness (QED) is 0.565. The number of pyridine rings is 1. The van der Waals surface area contributed by atoms with Crippen LogP contribution in [0, 0.1) is 0 Å². The first-order chi connectivity index (χ1) is 14.2. The van der Waals surface area contributed by atoms with Crippen molar-refractivity contribution in [3.8, 4) is 5.75 Å². The van der Waals surface area contributed by atoms with Gasteiger partial charge in [0.25, 0.3) is 0 Å². The van der Waals surface area contributed by atoms with Gasteiger partial charge in [0.1, 0.15) is 17.4 Å². The molecule has 1 aliphatic rings. The van der Waals surface area contributed by atoms with Crippen LogP contribution in [0.3, 0.4) is 0 Å². The summed E-state index contributed by atoms with van der Waals surface area (Å²) in [6, 6.07) is 4.03. The standard InChI is InChI=1S/C21H28N6O2/c1-2-16-13-24-27-19(23-12-15-9-18(29)14-22-11-15)10-20(25-21(16)27)26-7-4-3-5-17(26)6-8-28/h9-11,13-14,17,23,28-29H,2-8,12H2,1H3/t17-/m0/s1. The molecule has 3 N–H and O–H groups in total. The highest BCUT2D eigenvalue weighted by atomic mass is 16.3. The first-order valence-corrected chi connectivity index (χ1v) is 10.3. The van der Waals surface area contributed by atoms with Gasteiger partial charge in [0, 0.05) is 43.6 Å². The van der Waals surface area contributed by atoms with Crippen LogP contribution < -0.4 is 10.2 Å². The van der Waals surface area contributed by atoms with Crippen molar-refractivity contribution in [2.75, 3.05) is 23.4 Å². The lowest BCUT2D eigenvalue weighted by Crippen LogP contribution is -2.40. The molecule has 154 valence electrons. The normalized spacial score (nSPS) is 17.0. The van der Waals surface area contributed by atoms with Crippen LogP contribution in [-0.4, -0.2) is 49.0 Å². The molecule has 8 nitrogen and oxygen atoms in total. The Bertz CT molecular complexity index is 971. The Hall–Kier alpha value is -2.87. The highest BCUT2D eigenvalue weighted by Gasteiger charge is 2.24. The second-order valence-corrected chi connectivity index (χ2v) is 7.52. The maximum absolute atomic E-state index is 9.67. The second kappa shape index (κ2) is 8.65. The fourth-order valence-corrected chi connectivity index (χ4v) is 4.03. The van der Waals surface area contributed by atoms with E-state index in [9.17, 15) is 10.2 Å². The first kappa shape index (κ1) is 19.4. The average molecular weight is 396 g/mol. The Morgan fingerprint density at radius 2 is 2.10 bits per heavy atom. The van der Waals surface area contributed by atoms with Gasteiger partial charge in [0.15, 0.2) is 5.65 Å². The maximum Gasteiger partial charge on any atom is 0.162 e. The van der Waals surface area contributed by atoms with E-state index in [0.717, 1.165) is 60.6 Å². The van der Waals surface area contributed by atoms with Gasteiger partial charge in [-0.05, 0) is 43.7 Å².